The van der Waals surface area contributed by atoms with Gasteiger partial charge in [0.2, 0.25) is 0 Å². The molecule has 84 valence electrons. The molecule has 0 N–H and O–H groups in total. The lowest BCUT2D eigenvalue weighted by molar-refractivity contribution is -0.0790. The minimum Gasteiger partial charge on any atom is -0.382 e. The van der Waals surface area contributed by atoms with E-state index in [2.05, 4.69) is 0 Å². The van der Waals surface area contributed by atoms with Gasteiger partial charge >= 0.3 is 0 Å². The Morgan fingerprint density at radius 3 is 2.36 bits per heavy atom. The predicted molar refractivity (Wildman–Crippen MR) is 49.2 cm³/mol. The Balaban J connectivity index is 1.63. The van der Waals surface area contributed by atoms with Crippen LogP contribution in [0.5, 0.6) is 0 Å². The number of methoxy groups -OCH3 is 1. The van der Waals surface area contributed by atoms with E-state index in [1.54, 1.807) is 7.11 Å². The van der Waals surface area contributed by atoms with Crippen LogP contribution in [0.25, 0.3) is 0 Å². The molecule has 0 aromatic carbocycles. The first-order chi connectivity index (χ1) is 6.93. The summed E-state index contributed by atoms with van der Waals surface area (Å²) >= 11 is 0. The summed E-state index contributed by atoms with van der Waals surface area (Å²) in [5.74, 6) is 0. The maximum absolute atomic E-state index is 5.26. The summed E-state index contributed by atoms with van der Waals surface area (Å²) in [7, 11) is 1.64. The van der Waals surface area contributed by atoms with Crippen molar-refractivity contribution >= 4 is 0 Å². The van der Waals surface area contributed by atoms with Gasteiger partial charge in [-0.1, -0.05) is 0 Å². The molecule has 0 spiro atoms. The fraction of sp³-hybridized carbons (Fsp3) is 1.00. The van der Waals surface area contributed by atoms with Crippen molar-refractivity contribution < 1.29 is 23.7 Å². The highest BCUT2D eigenvalue weighted by Gasteiger charge is 2.21. The SMILES string of the molecule is COCCOCOCCOCC1CO1. The number of hydrogen-bond acceptors (Lipinski definition) is 5. The fourth-order valence-corrected chi connectivity index (χ4v) is 0.816. The summed E-state index contributed by atoms with van der Waals surface area (Å²) in [5, 5.41) is 0. The van der Waals surface area contributed by atoms with Gasteiger partial charge in [-0.25, -0.2) is 0 Å². The molecule has 1 rings (SSSR count). The monoisotopic (exact) mass is 206 g/mol. The van der Waals surface area contributed by atoms with Crippen LogP contribution in [-0.2, 0) is 23.7 Å². The Labute approximate surface area is 84.2 Å². The van der Waals surface area contributed by atoms with Crippen LogP contribution in [0, 0.1) is 0 Å². The zero-order chi connectivity index (χ0) is 10.1. The van der Waals surface area contributed by atoms with Gasteiger partial charge in [0.15, 0.2) is 0 Å². The minimum atomic E-state index is 0.298. The Morgan fingerprint density at radius 1 is 1.07 bits per heavy atom. The molecule has 1 saturated heterocycles. The topological polar surface area (TPSA) is 49.5 Å². The van der Waals surface area contributed by atoms with Crippen LogP contribution in [0.15, 0.2) is 0 Å². The number of ether oxygens (including phenoxy) is 5. The van der Waals surface area contributed by atoms with Crippen LogP contribution in [-0.4, -0.2) is 59.6 Å². The van der Waals surface area contributed by atoms with Crippen LogP contribution in [0.3, 0.4) is 0 Å². The second kappa shape index (κ2) is 8.14. The van der Waals surface area contributed by atoms with Crippen molar-refractivity contribution in [1.82, 2.24) is 0 Å². The fourth-order valence-electron chi connectivity index (χ4n) is 0.816. The Hall–Kier alpha value is -0.200. The van der Waals surface area contributed by atoms with Gasteiger partial charge in [-0.2, -0.15) is 0 Å². The molecule has 1 heterocycles. The van der Waals surface area contributed by atoms with Gasteiger partial charge in [-0.15, -0.1) is 0 Å². The van der Waals surface area contributed by atoms with Gasteiger partial charge in [-0.05, 0) is 0 Å². The third kappa shape index (κ3) is 7.23. The van der Waals surface area contributed by atoms with Crippen molar-refractivity contribution in [3.8, 4) is 0 Å². The van der Waals surface area contributed by atoms with Crippen molar-refractivity contribution in [2.45, 2.75) is 6.10 Å². The number of hydrogen-bond donors (Lipinski definition) is 0. The lowest BCUT2D eigenvalue weighted by Gasteiger charge is -2.05. The van der Waals surface area contributed by atoms with Gasteiger partial charge in [0.1, 0.15) is 12.9 Å². The zero-order valence-electron chi connectivity index (χ0n) is 8.57. The molecule has 0 radical (unpaired) electrons. The molecular weight excluding hydrogens is 188 g/mol. The van der Waals surface area contributed by atoms with Crippen molar-refractivity contribution in [2.75, 3.05) is 53.5 Å². The van der Waals surface area contributed by atoms with Crippen LogP contribution >= 0.6 is 0 Å². The van der Waals surface area contributed by atoms with Crippen LogP contribution < -0.4 is 0 Å². The molecule has 14 heavy (non-hydrogen) atoms. The quantitative estimate of drug-likeness (QED) is 0.287. The Bertz CT molecular complexity index is 126. The largest absolute Gasteiger partial charge is 0.382 e. The third-order valence-electron chi connectivity index (χ3n) is 1.68. The highest BCUT2D eigenvalue weighted by molar-refractivity contribution is 4.66. The molecule has 0 bridgehead atoms. The van der Waals surface area contributed by atoms with Crippen molar-refractivity contribution in [3.63, 3.8) is 0 Å². The number of rotatable bonds is 10. The maximum atomic E-state index is 5.26. The molecule has 0 aromatic rings. The first-order valence-electron chi connectivity index (χ1n) is 4.77. The van der Waals surface area contributed by atoms with E-state index < -0.39 is 0 Å². The van der Waals surface area contributed by atoms with Crippen LogP contribution in [0.2, 0.25) is 0 Å². The summed E-state index contributed by atoms with van der Waals surface area (Å²) in [6, 6.07) is 0. The first-order valence-corrected chi connectivity index (χ1v) is 4.77. The van der Waals surface area contributed by atoms with Gasteiger partial charge in [0, 0.05) is 7.11 Å². The number of epoxide rings is 1. The van der Waals surface area contributed by atoms with E-state index in [1.807, 2.05) is 0 Å². The van der Waals surface area contributed by atoms with Gasteiger partial charge < -0.3 is 23.7 Å². The second-order valence-corrected chi connectivity index (χ2v) is 2.96. The van der Waals surface area contributed by atoms with E-state index in [4.69, 9.17) is 23.7 Å². The third-order valence-corrected chi connectivity index (χ3v) is 1.68. The van der Waals surface area contributed by atoms with E-state index in [0.717, 1.165) is 6.61 Å². The Morgan fingerprint density at radius 2 is 1.71 bits per heavy atom. The molecule has 5 heteroatoms. The molecule has 0 aromatic heterocycles. The van der Waals surface area contributed by atoms with E-state index in [-0.39, 0.29) is 0 Å². The second-order valence-electron chi connectivity index (χ2n) is 2.96. The van der Waals surface area contributed by atoms with E-state index in [1.165, 1.54) is 0 Å². The van der Waals surface area contributed by atoms with Crippen molar-refractivity contribution in [3.05, 3.63) is 0 Å². The van der Waals surface area contributed by atoms with E-state index in [9.17, 15) is 0 Å². The lowest BCUT2D eigenvalue weighted by Crippen LogP contribution is -2.11. The molecule has 1 aliphatic rings. The van der Waals surface area contributed by atoms with E-state index in [0.29, 0.717) is 45.9 Å². The zero-order valence-corrected chi connectivity index (χ0v) is 8.57. The lowest BCUT2D eigenvalue weighted by atomic mass is 10.5. The van der Waals surface area contributed by atoms with Gasteiger partial charge in [0.05, 0.1) is 39.6 Å². The smallest absolute Gasteiger partial charge is 0.146 e. The molecule has 1 aliphatic heterocycles. The van der Waals surface area contributed by atoms with E-state index >= 15 is 0 Å². The maximum Gasteiger partial charge on any atom is 0.146 e. The van der Waals surface area contributed by atoms with Crippen LogP contribution in [0.1, 0.15) is 0 Å². The summed E-state index contributed by atoms with van der Waals surface area (Å²) in [4.78, 5) is 0. The average Bonchev–Trinajstić information content (AvgIpc) is 2.99. The van der Waals surface area contributed by atoms with Crippen molar-refractivity contribution in [1.29, 1.82) is 0 Å². The summed E-state index contributed by atoms with van der Waals surface area (Å²) in [5.41, 5.74) is 0. The highest BCUT2D eigenvalue weighted by atomic mass is 16.7. The van der Waals surface area contributed by atoms with Crippen molar-refractivity contribution in [2.24, 2.45) is 0 Å². The molecule has 1 unspecified atom stereocenters. The normalized spacial score (nSPS) is 19.9. The van der Waals surface area contributed by atoms with Gasteiger partial charge in [-0.3, -0.25) is 0 Å². The molecule has 0 aliphatic carbocycles. The molecule has 0 saturated carbocycles. The van der Waals surface area contributed by atoms with Gasteiger partial charge in [0.25, 0.3) is 0 Å². The molecule has 5 nitrogen and oxygen atoms in total. The molecular formula is C9H18O5. The standard InChI is InChI=1S/C9H18O5/c1-10-2-3-12-8-13-5-4-11-6-9-7-14-9/h9H,2-8H2,1H3. The molecule has 1 fully saturated rings. The summed E-state index contributed by atoms with van der Waals surface area (Å²) in [6.07, 6.45) is 0.327. The predicted octanol–water partition coefficient (Wildman–Crippen LogP) is 0.0389. The summed E-state index contributed by atoms with van der Waals surface area (Å²) < 4.78 is 25.3. The average molecular weight is 206 g/mol. The Kier molecular flexibility index (Phi) is 6.90. The minimum absolute atomic E-state index is 0.298. The van der Waals surface area contributed by atoms with Crippen LogP contribution in [0.4, 0.5) is 0 Å². The first kappa shape index (κ1) is 11.9. The molecule has 1 atom stereocenters. The highest BCUT2D eigenvalue weighted by Crippen LogP contribution is 2.07. The molecule has 0 amide bonds. The summed E-state index contributed by atoms with van der Waals surface area (Å²) in [6.45, 7) is 4.11.